The summed E-state index contributed by atoms with van der Waals surface area (Å²) in [6.07, 6.45) is 2.34. The second-order valence-electron chi connectivity index (χ2n) is 6.78. The summed E-state index contributed by atoms with van der Waals surface area (Å²) in [4.78, 5) is 0.308. The summed E-state index contributed by atoms with van der Waals surface area (Å²) in [5, 5.41) is 4.51. The lowest BCUT2D eigenvalue weighted by molar-refractivity contribution is 0.598. The molecule has 29 heavy (non-hydrogen) atoms. The molecule has 0 bridgehead atoms. The van der Waals surface area contributed by atoms with Gasteiger partial charge in [-0.05, 0) is 48.4 Å². The summed E-state index contributed by atoms with van der Waals surface area (Å²) in [6.45, 7) is 3.90. The number of fused-ring (bicyclic) bond motifs is 1. The molecule has 3 aromatic carbocycles. The third-order valence-corrected chi connectivity index (χ3v) is 8.23. The summed E-state index contributed by atoms with van der Waals surface area (Å²) < 4.78 is 43.3. The molecule has 0 aromatic heterocycles. The predicted octanol–water partition coefficient (Wildman–Crippen LogP) is 5.52. The number of unbranched alkanes of at least 4 members (excludes halogenated alkanes) is 2. The van der Waals surface area contributed by atoms with Crippen molar-refractivity contribution in [1.29, 1.82) is 0 Å². The molecule has 6 heteroatoms. The van der Waals surface area contributed by atoms with Crippen LogP contribution in [0.3, 0.4) is 0 Å². The van der Waals surface area contributed by atoms with E-state index in [2.05, 4.69) is 14.9 Å². The Labute approximate surface area is 173 Å². The van der Waals surface area contributed by atoms with Crippen LogP contribution in [0.5, 0.6) is 0 Å². The number of sulfonamides is 1. The van der Waals surface area contributed by atoms with E-state index in [9.17, 15) is 12.6 Å². The zero-order chi connectivity index (χ0) is 20.9. The first-order chi connectivity index (χ1) is 13.8. The minimum absolute atomic E-state index is 0.00646. The van der Waals surface area contributed by atoms with Crippen LogP contribution in [0.4, 0.5) is 0 Å². The van der Waals surface area contributed by atoms with Crippen molar-refractivity contribution >= 4 is 30.5 Å². The van der Waals surface area contributed by atoms with Gasteiger partial charge in [-0.15, -0.1) is 0 Å². The highest BCUT2D eigenvalue weighted by atomic mass is 32.3. The quantitative estimate of drug-likeness (QED) is 0.400. The Hall–Kier alpha value is -2.62. The molecule has 0 radical (unpaired) electrons. The van der Waals surface area contributed by atoms with Crippen molar-refractivity contribution in [2.24, 2.45) is 3.77 Å². The Morgan fingerprint density at radius 3 is 2.21 bits per heavy atom. The van der Waals surface area contributed by atoms with Crippen LogP contribution in [0.25, 0.3) is 10.8 Å². The van der Waals surface area contributed by atoms with Gasteiger partial charge in [0.25, 0.3) is 10.0 Å². The molecule has 0 spiro atoms. The predicted molar refractivity (Wildman–Crippen MR) is 118 cm³/mol. The van der Waals surface area contributed by atoms with Gasteiger partial charge in [-0.25, -0.2) is 4.21 Å². The summed E-state index contributed by atoms with van der Waals surface area (Å²) >= 11 is 0. The van der Waals surface area contributed by atoms with Gasteiger partial charge < -0.3 is 0 Å². The van der Waals surface area contributed by atoms with Crippen molar-refractivity contribution < 1.29 is 12.6 Å². The van der Waals surface area contributed by atoms with Gasteiger partial charge in [0.05, 0.1) is 9.79 Å². The molecule has 0 saturated carbocycles. The third-order valence-electron chi connectivity index (χ3n) is 4.43. The summed E-state index contributed by atoms with van der Waals surface area (Å²) in [6, 6.07) is 19.1. The van der Waals surface area contributed by atoms with E-state index >= 15 is 0 Å². The topological polar surface area (TPSA) is 63.6 Å². The highest BCUT2D eigenvalue weighted by Gasteiger charge is 2.20. The van der Waals surface area contributed by atoms with E-state index in [0.29, 0.717) is 11.3 Å². The molecule has 1 unspecified atom stereocenters. The maximum atomic E-state index is 13.7. The Balaban J connectivity index is 2.18. The summed E-state index contributed by atoms with van der Waals surface area (Å²) in [7, 11) is -7.61. The van der Waals surface area contributed by atoms with E-state index in [1.165, 1.54) is 12.1 Å². The lowest BCUT2D eigenvalue weighted by Crippen LogP contribution is -2.05. The van der Waals surface area contributed by atoms with Gasteiger partial charge >= 0.3 is 0 Å². The normalized spacial score (nSPS) is 13.3. The second kappa shape index (κ2) is 8.81. The number of benzene rings is 3. The second-order valence-corrected chi connectivity index (χ2v) is 10.5. The van der Waals surface area contributed by atoms with E-state index in [1.54, 1.807) is 24.3 Å². The Bertz CT molecular complexity index is 1310. The van der Waals surface area contributed by atoms with Crippen LogP contribution in [0, 0.1) is 18.1 Å². The fourth-order valence-corrected chi connectivity index (χ4v) is 6.14. The van der Waals surface area contributed by atoms with Gasteiger partial charge in [-0.3, -0.25) is 0 Å². The van der Waals surface area contributed by atoms with Gasteiger partial charge in [0.2, 0.25) is 0 Å². The van der Waals surface area contributed by atoms with E-state index < -0.39 is 19.8 Å². The largest absolute Gasteiger partial charge is 0.291 e. The van der Waals surface area contributed by atoms with Gasteiger partial charge in [0, 0.05) is 11.7 Å². The van der Waals surface area contributed by atoms with Crippen LogP contribution in [0.1, 0.15) is 31.7 Å². The highest BCUT2D eigenvalue weighted by Crippen LogP contribution is 2.24. The van der Waals surface area contributed by atoms with E-state index in [0.717, 1.165) is 29.2 Å². The highest BCUT2D eigenvalue weighted by molar-refractivity contribution is 8.06. The minimum Gasteiger partial charge on any atom is -0.230 e. The van der Waals surface area contributed by atoms with E-state index in [-0.39, 0.29) is 4.90 Å². The Morgan fingerprint density at radius 2 is 1.52 bits per heavy atom. The Morgan fingerprint density at radius 1 is 0.862 bits per heavy atom. The molecule has 0 aliphatic rings. The lowest BCUT2D eigenvalue weighted by Gasteiger charge is -2.07. The van der Waals surface area contributed by atoms with Crippen LogP contribution >= 0.6 is 0 Å². The molecule has 1 atom stereocenters. The van der Waals surface area contributed by atoms with Crippen molar-refractivity contribution in [3.63, 3.8) is 0 Å². The molecule has 0 heterocycles. The molecule has 0 fully saturated rings. The van der Waals surface area contributed by atoms with E-state index in [1.807, 2.05) is 44.2 Å². The van der Waals surface area contributed by atoms with Gasteiger partial charge in [-0.1, -0.05) is 71.1 Å². The molecule has 4 nitrogen and oxygen atoms in total. The average molecular weight is 426 g/mol. The summed E-state index contributed by atoms with van der Waals surface area (Å²) in [5.74, 6) is 2.87. The molecular formula is C23H23NO3S2. The van der Waals surface area contributed by atoms with Crippen LogP contribution in [-0.2, 0) is 19.8 Å². The first-order valence-electron chi connectivity index (χ1n) is 9.42. The standard InChI is InChI=1S/C23H23NO3S2/c1-3-4-5-8-17-28(25,23-16-13-20-9-6-7-10-21(20)18-23)24-29(26,27)22-14-11-19(2)12-15-22/h6-7,9-16,18H,3-5H2,1-2H3. The molecule has 150 valence electrons. The molecule has 3 aromatic rings. The average Bonchev–Trinajstić information content (AvgIpc) is 2.71. The van der Waals surface area contributed by atoms with Gasteiger partial charge in [-0.2, -0.15) is 8.42 Å². The monoisotopic (exact) mass is 425 g/mol. The molecule has 0 N–H and O–H groups in total. The fraction of sp³-hybridized carbons (Fsp3) is 0.217. The maximum Gasteiger partial charge on any atom is 0.291 e. The fourth-order valence-electron chi connectivity index (χ4n) is 2.77. The molecule has 3 rings (SSSR count). The first-order valence-corrected chi connectivity index (χ1v) is 12.4. The SMILES string of the molecule is CCCCC#CS(=O)(=NS(=O)(=O)c1ccc(C)cc1)c1ccc2ccccc2c1. The smallest absolute Gasteiger partial charge is 0.230 e. The zero-order valence-electron chi connectivity index (χ0n) is 16.5. The zero-order valence-corrected chi connectivity index (χ0v) is 18.1. The number of nitrogens with zero attached hydrogens (tertiary/aromatic N) is 1. The van der Waals surface area contributed by atoms with Crippen molar-refractivity contribution in [1.82, 2.24) is 0 Å². The molecular weight excluding hydrogens is 402 g/mol. The van der Waals surface area contributed by atoms with E-state index in [4.69, 9.17) is 0 Å². The van der Waals surface area contributed by atoms with Crippen LogP contribution in [-0.4, -0.2) is 12.6 Å². The minimum atomic E-state index is -4.13. The maximum absolute atomic E-state index is 13.7. The molecule has 0 saturated heterocycles. The van der Waals surface area contributed by atoms with Gasteiger partial charge in [0.1, 0.15) is 0 Å². The van der Waals surface area contributed by atoms with Crippen LogP contribution in [0.15, 0.2) is 80.3 Å². The van der Waals surface area contributed by atoms with Gasteiger partial charge in [0.15, 0.2) is 9.73 Å². The lowest BCUT2D eigenvalue weighted by atomic mass is 10.1. The number of hydrogen-bond donors (Lipinski definition) is 0. The number of hydrogen-bond acceptors (Lipinski definition) is 3. The summed E-state index contributed by atoms with van der Waals surface area (Å²) in [5.41, 5.74) is 0.929. The van der Waals surface area contributed by atoms with Crippen LogP contribution in [0.2, 0.25) is 0 Å². The third kappa shape index (κ3) is 5.06. The van der Waals surface area contributed by atoms with Crippen molar-refractivity contribution in [2.45, 2.75) is 42.9 Å². The Kier molecular flexibility index (Phi) is 6.41. The molecule has 0 amide bonds. The first kappa shape index (κ1) is 21.1. The van der Waals surface area contributed by atoms with Crippen molar-refractivity contribution in [2.75, 3.05) is 0 Å². The number of aryl methyl sites for hydroxylation is 1. The van der Waals surface area contributed by atoms with Crippen LogP contribution < -0.4 is 0 Å². The van der Waals surface area contributed by atoms with Crippen molar-refractivity contribution in [3.05, 3.63) is 72.3 Å². The molecule has 0 aliphatic carbocycles. The number of rotatable bonds is 5. The van der Waals surface area contributed by atoms with Crippen molar-refractivity contribution in [3.8, 4) is 11.2 Å². The molecule has 0 aliphatic heterocycles.